The van der Waals surface area contributed by atoms with Gasteiger partial charge in [-0.25, -0.2) is 0 Å². The molecule has 0 saturated heterocycles. The lowest BCUT2D eigenvalue weighted by molar-refractivity contribution is -0.384. The predicted molar refractivity (Wildman–Crippen MR) is 86.0 cm³/mol. The van der Waals surface area contributed by atoms with Gasteiger partial charge >= 0.3 is 0 Å². The summed E-state index contributed by atoms with van der Waals surface area (Å²) in [4.78, 5) is 26.4. The number of nitrogens with zero attached hydrogens (tertiary/aromatic N) is 2. The Bertz CT molecular complexity index is 704. The minimum Gasteiger partial charge on any atom is -0.348 e. The molecule has 1 heterocycles. The average molecular weight is 397 g/mol. The van der Waals surface area contributed by atoms with E-state index in [4.69, 9.17) is 0 Å². The van der Waals surface area contributed by atoms with Gasteiger partial charge in [0, 0.05) is 34.6 Å². The number of carbonyl (C=O) groups excluding carboxylic acids is 1. The lowest BCUT2D eigenvalue weighted by Crippen LogP contribution is -2.24. The molecule has 1 aromatic carbocycles. The molecular formula is C14H12IN3O3. The summed E-state index contributed by atoms with van der Waals surface area (Å²) in [6.07, 6.45) is 3.37. The predicted octanol–water partition coefficient (Wildman–Crippen LogP) is 2.83. The summed E-state index contributed by atoms with van der Waals surface area (Å²) in [6.45, 7) is 2.26. The van der Waals surface area contributed by atoms with Gasteiger partial charge in [0.25, 0.3) is 11.6 Å². The Labute approximate surface area is 134 Å². The summed E-state index contributed by atoms with van der Waals surface area (Å²) in [5.74, 6) is -0.341. The van der Waals surface area contributed by atoms with Crippen molar-refractivity contribution in [2.24, 2.45) is 0 Å². The number of benzene rings is 1. The van der Waals surface area contributed by atoms with Crippen LogP contribution in [0.2, 0.25) is 0 Å². The van der Waals surface area contributed by atoms with Gasteiger partial charge < -0.3 is 5.32 Å². The zero-order valence-electron chi connectivity index (χ0n) is 11.2. The van der Waals surface area contributed by atoms with E-state index < -0.39 is 4.92 Å². The molecule has 0 saturated carbocycles. The minimum absolute atomic E-state index is 0.0990. The Morgan fingerprint density at radius 3 is 2.86 bits per heavy atom. The van der Waals surface area contributed by atoms with Crippen LogP contribution in [0.5, 0.6) is 0 Å². The fraction of sp³-hybridized carbons (Fsp3) is 0.143. The quantitative estimate of drug-likeness (QED) is 0.489. The summed E-state index contributed by atoms with van der Waals surface area (Å²) < 4.78 is 0.665. The van der Waals surface area contributed by atoms with Gasteiger partial charge in [0.05, 0.1) is 10.5 Å². The van der Waals surface area contributed by atoms with E-state index in [2.05, 4.69) is 10.3 Å². The molecule has 0 spiro atoms. The first-order valence-corrected chi connectivity index (χ1v) is 7.18. The fourth-order valence-corrected chi connectivity index (χ4v) is 2.33. The number of carbonyl (C=O) groups is 1. The highest BCUT2D eigenvalue weighted by molar-refractivity contribution is 14.1. The van der Waals surface area contributed by atoms with Crippen LogP contribution in [0.4, 0.5) is 5.69 Å². The van der Waals surface area contributed by atoms with Crippen LogP contribution < -0.4 is 5.32 Å². The molecule has 0 atom stereocenters. The molecule has 0 bridgehead atoms. The van der Waals surface area contributed by atoms with Crippen LogP contribution >= 0.6 is 22.6 Å². The Morgan fingerprint density at radius 2 is 2.19 bits per heavy atom. The molecule has 1 aromatic heterocycles. The summed E-state index contributed by atoms with van der Waals surface area (Å²) in [5.41, 5.74) is 2.13. The third kappa shape index (κ3) is 3.75. The SMILES string of the molecule is Cc1ccncc1CNC(=O)c1cc([N+](=O)[O-])ccc1I. The van der Waals surface area contributed by atoms with Crippen LogP contribution in [0, 0.1) is 20.6 Å². The topological polar surface area (TPSA) is 85.1 Å². The lowest BCUT2D eigenvalue weighted by atomic mass is 10.1. The van der Waals surface area contributed by atoms with Crippen molar-refractivity contribution in [1.29, 1.82) is 0 Å². The van der Waals surface area contributed by atoms with Crippen LogP contribution in [0.1, 0.15) is 21.5 Å². The Balaban J connectivity index is 2.15. The molecule has 0 aliphatic heterocycles. The molecule has 0 unspecified atom stereocenters. The van der Waals surface area contributed by atoms with Crippen molar-refractivity contribution in [2.45, 2.75) is 13.5 Å². The molecule has 6 nitrogen and oxygen atoms in total. The highest BCUT2D eigenvalue weighted by Gasteiger charge is 2.15. The zero-order valence-corrected chi connectivity index (χ0v) is 13.3. The van der Waals surface area contributed by atoms with Crippen molar-refractivity contribution in [1.82, 2.24) is 10.3 Å². The van der Waals surface area contributed by atoms with Gasteiger partial charge in [-0.15, -0.1) is 0 Å². The normalized spacial score (nSPS) is 10.2. The number of amides is 1. The molecule has 21 heavy (non-hydrogen) atoms. The molecule has 1 amide bonds. The van der Waals surface area contributed by atoms with Crippen LogP contribution in [0.3, 0.4) is 0 Å². The Kier molecular flexibility index (Phi) is 4.84. The van der Waals surface area contributed by atoms with E-state index in [1.165, 1.54) is 12.1 Å². The Morgan fingerprint density at radius 1 is 1.43 bits per heavy atom. The van der Waals surface area contributed by atoms with Gasteiger partial charge in [0.15, 0.2) is 0 Å². The highest BCUT2D eigenvalue weighted by atomic mass is 127. The first kappa shape index (κ1) is 15.4. The number of pyridine rings is 1. The molecule has 0 radical (unpaired) electrons. The molecule has 0 aliphatic carbocycles. The van der Waals surface area contributed by atoms with Crippen molar-refractivity contribution < 1.29 is 9.72 Å². The van der Waals surface area contributed by atoms with E-state index in [-0.39, 0.29) is 11.6 Å². The average Bonchev–Trinajstić information content (AvgIpc) is 2.46. The van der Waals surface area contributed by atoms with Gasteiger partial charge in [-0.2, -0.15) is 0 Å². The van der Waals surface area contributed by atoms with Crippen molar-refractivity contribution in [3.05, 3.63) is 67.0 Å². The van der Waals surface area contributed by atoms with Gasteiger partial charge in [-0.1, -0.05) is 0 Å². The first-order chi connectivity index (χ1) is 9.99. The standard InChI is InChI=1S/C14H12IN3O3/c1-9-4-5-16-7-10(9)8-17-14(19)12-6-11(18(20)21)2-3-13(12)15/h2-7H,8H2,1H3,(H,17,19). The second kappa shape index (κ2) is 6.61. The number of non-ortho nitro benzene ring substituents is 1. The Hall–Kier alpha value is -2.03. The maximum absolute atomic E-state index is 12.2. The monoisotopic (exact) mass is 397 g/mol. The number of halogens is 1. The smallest absolute Gasteiger partial charge is 0.270 e. The van der Waals surface area contributed by atoms with E-state index in [9.17, 15) is 14.9 Å². The summed E-state index contributed by atoms with van der Waals surface area (Å²) in [7, 11) is 0. The van der Waals surface area contributed by atoms with Gasteiger partial charge in [0.1, 0.15) is 0 Å². The van der Waals surface area contributed by atoms with Crippen molar-refractivity contribution in [3.63, 3.8) is 0 Å². The number of aryl methyl sites for hydroxylation is 1. The fourth-order valence-electron chi connectivity index (χ4n) is 1.75. The van der Waals surface area contributed by atoms with Gasteiger partial charge in [-0.3, -0.25) is 19.9 Å². The summed E-state index contributed by atoms with van der Waals surface area (Å²) in [5, 5.41) is 13.5. The van der Waals surface area contributed by atoms with E-state index >= 15 is 0 Å². The summed E-state index contributed by atoms with van der Waals surface area (Å²) in [6, 6.07) is 6.08. The summed E-state index contributed by atoms with van der Waals surface area (Å²) >= 11 is 1.98. The third-order valence-corrected chi connectivity index (χ3v) is 3.93. The molecule has 0 fully saturated rings. The van der Waals surface area contributed by atoms with Crippen molar-refractivity contribution in [2.75, 3.05) is 0 Å². The van der Waals surface area contributed by atoms with Crippen molar-refractivity contribution in [3.8, 4) is 0 Å². The molecule has 0 aliphatic rings. The molecule has 7 heteroatoms. The van der Waals surface area contributed by atoms with Crippen molar-refractivity contribution >= 4 is 34.2 Å². The van der Waals surface area contributed by atoms with Crippen LogP contribution in [0.15, 0.2) is 36.7 Å². The van der Waals surface area contributed by atoms with E-state index in [0.29, 0.717) is 15.7 Å². The van der Waals surface area contributed by atoms with Gasteiger partial charge in [0.2, 0.25) is 0 Å². The molecule has 2 aromatic rings. The van der Waals surface area contributed by atoms with Crippen LogP contribution in [0.25, 0.3) is 0 Å². The second-order valence-electron chi connectivity index (χ2n) is 4.41. The molecular weight excluding hydrogens is 385 g/mol. The highest BCUT2D eigenvalue weighted by Crippen LogP contribution is 2.19. The van der Waals surface area contributed by atoms with Crippen LogP contribution in [-0.2, 0) is 6.54 Å². The maximum atomic E-state index is 12.2. The zero-order chi connectivity index (χ0) is 15.4. The number of aromatic nitrogens is 1. The third-order valence-electron chi connectivity index (χ3n) is 2.99. The van der Waals surface area contributed by atoms with Gasteiger partial charge in [-0.05, 0) is 52.8 Å². The second-order valence-corrected chi connectivity index (χ2v) is 5.57. The van der Waals surface area contributed by atoms with E-state index in [1.54, 1.807) is 18.5 Å². The number of rotatable bonds is 4. The van der Waals surface area contributed by atoms with E-state index in [1.807, 2.05) is 35.6 Å². The molecule has 2 rings (SSSR count). The molecule has 1 N–H and O–H groups in total. The van der Waals surface area contributed by atoms with E-state index in [0.717, 1.165) is 11.1 Å². The largest absolute Gasteiger partial charge is 0.348 e. The minimum atomic E-state index is -0.516. The number of nitrogens with one attached hydrogen (secondary N) is 1. The molecule has 108 valence electrons. The number of hydrogen-bond acceptors (Lipinski definition) is 4. The van der Waals surface area contributed by atoms with Crippen LogP contribution in [-0.4, -0.2) is 15.8 Å². The number of nitro groups is 1. The first-order valence-electron chi connectivity index (χ1n) is 6.10. The maximum Gasteiger partial charge on any atom is 0.270 e. The number of hydrogen-bond donors (Lipinski definition) is 1. The number of nitro benzene ring substituents is 1. The lowest BCUT2D eigenvalue weighted by Gasteiger charge is -2.08.